The van der Waals surface area contributed by atoms with Crippen molar-refractivity contribution in [3.05, 3.63) is 29.8 Å². The second kappa shape index (κ2) is 5.21. The molecule has 1 unspecified atom stereocenters. The second-order valence-electron chi connectivity index (χ2n) is 5.39. The molecule has 3 rings (SSSR count). The van der Waals surface area contributed by atoms with Crippen LogP contribution in [0.25, 0.3) is 0 Å². The first-order valence-electron chi connectivity index (χ1n) is 6.97. The molecule has 19 heavy (non-hydrogen) atoms. The lowest BCUT2D eigenvalue weighted by atomic mass is 9.92. The van der Waals surface area contributed by atoms with Crippen LogP contribution in [0, 0.1) is 0 Å². The van der Waals surface area contributed by atoms with Gasteiger partial charge in [0.05, 0.1) is 12.1 Å². The molecule has 2 aliphatic rings. The van der Waals surface area contributed by atoms with Crippen molar-refractivity contribution < 1.29 is 14.6 Å². The maximum absolute atomic E-state index is 12.2. The van der Waals surface area contributed by atoms with Crippen LogP contribution in [0.5, 0.6) is 5.75 Å². The van der Waals surface area contributed by atoms with Crippen molar-refractivity contribution >= 4 is 5.91 Å². The molecule has 0 radical (unpaired) electrons. The fraction of sp³-hybridized carbons (Fsp3) is 0.533. The van der Waals surface area contributed by atoms with Gasteiger partial charge in [-0.05, 0) is 24.5 Å². The average molecular weight is 261 g/mol. The molecule has 1 aromatic rings. The van der Waals surface area contributed by atoms with Crippen LogP contribution in [-0.4, -0.2) is 29.3 Å². The van der Waals surface area contributed by atoms with Crippen LogP contribution in [-0.2, 0) is 11.2 Å². The Bertz CT molecular complexity index is 449. The lowest BCUT2D eigenvalue weighted by molar-refractivity contribution is -0.129. The predicted octanol–water partition coefficient (Wildman–Crippen LogP) is 1.41. The average Bonchev–Trinajstić information content (AvgIpc) is 2.85. The monoisotopic (exact) mass is 261 g/mol. The van der Waals surface area contributed by atoms with Crippen LogP contribution < -0.4 is 10.1 Å². The number of carbonyl (C=O) groups is 1. The van der Waals surface area contributed by atoms with Gasteiger partial charge < -0.3 is 15.2 Å². The Hall–Kier alpha value is -1.55. The number of aliphatic hydroxyl groups is 1. The molecule has 0 spiro atoms. The molecule has 1 fully saturated rings. The van der Waals surface area contributed by atoms with Crippen LogP contribution in [0.4, 0.5) is 0 Å². The fourth-order valence-electron chi connectivity index (χ4n) is 2.88. The Morgan fingerprint density at radius 3 is 2.84 bits per heavy atom. The van der Waals surface area contributed by atoms with Gasteiger partial charge in [-0.1, -0.05) is 31.0 Å². The number of para-hydroxylation sites is 1. The molecule has 3 atom stereocenters. The Balaban J connectivity index is 1.60. The number of amides is 1. The zero-order chi connectivity index (χ0) is 13.2. The Morgan fingerprint density at radius 2 is 2.05 bits per heavy atom. The summed E-state index contributed by atoms with van der Waals surface area (Å²) in [4.78, 5) is 12.2. The topological polar surface area (TPSA) is 58.6 Å². The minimum absolute atomic E-state index is 0.109. The standard InChI is InChI=1S/C15H19NO3/c17-12-7-3-2-6-11(12)16-15(18)14-9-10-5-1-4-8-13(10)19-14/h1,4-5,8,11-12,14,17H,2-3,6-7,9H2,(H,16,18)/t11-,12-,14?/m0/s1. The SMILES string of the molecule is O=C(N[C@H]1CCCC[C@@H]1O)C1Cc2ccccc2O1. The normalized spacial score (nSPS) is 29.4. The number of ether oxygens (including phenoxy) is 1. The summed E-state index contributed by atoms with van der Waals surface area (Å²) < 4.78 is 5.65. The van der Waals surface area contributed by atoms with Gasteiger partial charge in [0.15, 0.2) is 6.10 Å². The Kier molecular flexibility index (Phi) is 3.42. The van der Waals surface area contributed by atoms with Crippen molar-refractivity contribution in [3.63, 3.8) is 0 Å². The predicted molar refractivity (Wildman–Crippen MR) is 71.0 cm³/mol. The third-order valence-electron chi connectivity index (χ3n) is 4.00. The van der Waals surface area contributed by atoms with Crippen molar-refractivity contribution in [1.82, 2.24) is 5.32 Å². The third-order valence-corrected chi connectivity index (χ3v) is 4.00. The molecule has 1 heterocycles. The van der Waals surface area contributed by atoms with E-state index in [1.54, 1.807) is 0 Å². The minimum atomic E-state index is -0.452. The lowest BCUT2D eigenvalue weighted by Crippen LogP contribution is -2.49. The quantitative estimate of drug-likeness (QED) is 0.846. The Morgan fingerprint density at radius 1 is 1.26 bits per heavy atom. The molecule has 0 saturated heterocycles. The molecule has 1 saturated carbocycles. The first-order valence-corrected chi connectivity index (χ1v) is 6.97. The minimum Gasteiger partial charge on any atom is -0.480 e. The second-order valence-corrected chi connectivity index (χ2v) is 5.39. The number of benzene rings is 1. The van der Waals surface area contributed by atoms with Crippen molar-refractivity contribution in [1.29, 1.82) is 0 Å². The van der Waals surface area contributed by atoms with Gasteiger partial charge in [0.25, 0.3) is 5.91 Å². The molecule has 2 N–H and O–H groups in total. The first kappa shape index (κ1) is 12.5. The van der Waals surface area contributed by atoms with Gasteiger partial charge in [0, 0.05) is 6.42 Å². The molecule has 0 aromatic heterocycles. The van der Waals surface area contributed by atoms with Crippen LogP contribution in [0.15, 0.2) is 24.3 Å². The van der Waals surface area contributed by atoms with E-state index in [2.05, 4.69) is 5.32 Å². The van der Waals surface area contributed by atoms with Gasteiger partial charge in [0.1, 0.15) is 5.75 Å². The summed E-state index contributed by atoms with van der Waals surface area (Å²) in [5.74, 6) is 0.689. The first-order chi connectivity index (χ1) is 9.24. The molecule has 102 valence electrons. The van der Waals surface area contributed by atoms with Gasteiger partial charge >= 0.3 is 0 Å². The van der Waals surface area contributed by atoms with E-state index in [1.807, 2.05) is 24.3 Å². The summed E-state index contributed by atoms with van der Waals surface area (Å²) in [5.41, 5.74) is 1.08. The number of hydrogen-bond donors (Lipinski definition) is 2. The molecular formula is C15H19NO3. The zero-order valence-corrected chi connectivity index (χ0v) is 10.8. The maximum Gasteiger partial charge on any atom is 0.261 e. The summed E-state index contributed by atoms with van der Waals surface area (Å²) >= 11 is 0. The molecule has 4 heteroatoms. The van der Waals surface area contributed by atoms with E-state index in [1.165, 1.54) is 0 Å². The Labute approximate surface area is 112 Å². The fourth-order valence-corrected chi connectivity index (χ4v) is 2.88. The molecule has 1 aliphatic heterocycles. The number of aliphatic hydroxyl groups excluding tert-OH is 1. The van der Waals surface area contributed by atoms with Crippen LogP contribution in [0.1, 0.15) is 31.2 Å². The van der Waals surface area contributed by atoms with Crippen molar-refractivity contribution in [3.8, 4) is 5.75 Å². The summed E-state index contributed by atoms with van der Waals surface area (Å²) in [5, 5.41) is 12.8. The third kappa shape index (κ3) is 2.59. The summed E-state index contributed by atoms with van der Waals surface area (Å²) in [6, 6.07) is 7.61. The van der Waals surface area contributed by atoms with Gasteiger partial charge in [-0.15, -0.1) is 0 Å². The maximum atomic E-state index is 12.2. The highest BCUT2D eigenvalue weighted by Crippen LogP contribution is 2.28. The van der Waals surface area contributed by atoms with E-state index in [9.17, 15) is 9.90 Å². The van der Waals surface area contributed by atoms with Gasteiger partial charge in [-0.25, -0.2) is 0 Å². The van der Waals surface area contributed by atoms with Gasteiger partial charge in [-0.3, -0.25) is 4.79 Å². The summed E-state index contributed by atoms with van der Waals surface area (Å²) in [7, 11) is 0. The van der Waals surface area contributed by atoms with Crippen LogP contribution in [0.2, 0.25) is 0 Å². The largest absolute Gasteiger partial charge is 0.480 e. The van der Waals surface area contributed by atoms with Crippen molar-refractivity contribution in [2.45, 2.75) is 50.4 Å². The van der Waals surface area contributed by atoms with Crippen LogP contribution in [0.3, 0.4) is 0 Å². The number of carbonyl (C=O) groups excluding carboxylic acids is 1. The van der Waals surface area contributed by atoms with E-state index >= 15 is 0 Å². The van der Waals surface area contributed by atoms with E-state index in [4.69, 9.17) is 4.74 Å². The molecular weight excluding hydrogens is 242 g/mol. The number of rotatable bonds is 2. The summed E-state index contributed by atoms with van der Waals surface area (Å²) in [6.07, 6.45) is 3.48. The summed E-state index contributed by atoms with van der Waals surface area (Å²) in [6.45, 7) is 0. The van der Waals surface area contributed by atoms with E-state index < -0.39 is 12.2 Å². The number of nitrogens with one attached hydrogen (secondary N) is 1. The van der Waals surface area contributed by atoms with Crippen LogP contribution >= 0.6 is 0 Å². The van der Waals surface area contributed by atoms with E-state index in [0.29, 0.717) is 6.42 Å². The highest BCUT2D eigenvalue weighted by molar-refractivity contribution is 5.82. The molecule has 1 amide bonds. The number of hydrogen-bond acceptors (Lipinski definition) is 3. The lowest BCUT2D eigenvalue weighted by Gasteiger charge is -2.29. The number of fused-ring (bicyclic) bond motifs is 1. The highest BCUT2D eigenvalue weighted by atomic mass is 16.5. The van der Waals surface area contributed by atoms with E-state index in [0.717, 1.165) is 37.0 Å². The zero-order valence-electron chi connectivity index (χ0n) is 10.8. The highest BCUT2D eigenvalue weighted by Gasteiger charge is 2.32. The molecule has 4 nitrogen and oxygen atoms in total. The molecule has 0 bridgehead atoms. The van der Waals surface area contributed by atoms with E-state index in [-0.39, 0.29) is 11.9 Å². The van der Waals surface area contributed by atoms with Crippen molar-refractivity contribution in [2.24, 2.45) is 0 Å². The molecule has 1 aliphatic carbocycles. The van der Waals surface area contributed by atoms with Crippen molar-refractivity contribution in [2.75, 3.05) is 0 Å². The van der Waals surface area contributed by atoms with Gasteiger partial charge in [-0.2, -0.15) is 0 Å². The molecule has 1 aromatic carbocycles. The van der Waals surface area contributed by atoms with Gasteiger partial charge in [0.2, 0.25) is 0 Å². The smallest absolute Gasteiger partial charge is 0.261 e.